The minimum absolute atomic E-state index is 0.336. The molecule has 0 amide bonds. The molecule has 0 spiro atoms. The second-order valence-electron chi connectivity index (χ2n) is 8.21. The first-order chi connectivity index (χ1) is 16.9. The monoisotopic (exact) mass is 567 g/mol. The fourth-order valence-corrected chi connectivity index (χ4v) is 6.19. The number of rotatable bonds is 10. The predicted molar refractivity (Wildman–Crippen MR) is 132 cm³/mol. The Morgan fingerprint density at radius 2 is 1.78 bits per heavy atom. The molecule has 36 heavy (non-hydrogen) atoms. The van der Waals surface area contributed by atoms with Crippen LogP contribution in [0.2, 0.25) is 0 Å². The number of ether oxygens (including phenoxy) is 1. The van der Waals surface area contributed by atoms with Gasteiger partial charge in [-0.1, -0.05) is 18.2 Å². The third kappa shape index (κ3) is 7.83. The van der Waals surface area contributed by atoms with Crippen molar-refractivity contribution in [2.75, 3.05) is 43.9 Å². The lowest BCUT2D eigenvalue weighted by molar-refractivity contribution is -0.0435. The summed E-state index contributed by atoms with van der Waals surface area (Å²) in [7, 11) is -10.3. The van der Waals surface area contributed by atoms with Crippen molar-refractivity contribution in [2.45, 2.75) is 39.1 Å². The van der Waals surface area contributed by atoms with Gasteiger partial charge in [0.15, 0.2) is 0 Å². The first kappa shape index (κ1) is 28.7. The van der Waals surface area contributed by atoms with Crippen LogP contribution in [0.15, 0.2) is 63.2 Å². The van der Waals surface area contributed by atoms with Gasteiger partial charge in [-0.2, -0.15) is 13.2 Å². The molecule has 1 aliphatic heterocycles. The number of benzene rings is 2. The smallest absolute Gasteiger partial charge is 0.380 e. The Morgan fingerprint density at radius 3 is 2.44 bits per heavy atom. The van der Waals surface area contributed by atoms with E-state index in [9.17, 15) is 30.0 Å². The molecule has 2 aromatic carbocycles. The SMILES string of the molecule is NS(=O)(=O)c1ccc(NC(CCN2CCCOCC2)CSc2ccccc2)c(S(=O)(=O)C(F)(F)F)c1. The summed E-state index contributed by atoms with van der Waals surface area (Å²) in [4.78, 5) is 1.22. The number of alkyl halides is 3. The van der Waals surface area contributed by atoms with Crippen molar-refractivity contribution in [3.63, 3.8) is 0 Å². The number of anilines is 1. The largest absolute Gasteiger partial charge is 0.501 e. The second kappa shape index (κ2) is 12.1. The normalized spacial score (nSPS) is 16.9. The predicted octanol–water partition coefficient (Wildman–Crippen LogP) is 3.31. The van der Waals surface area contributed by atoms with Crippen LogP contribution in [0.3, 0.4) is 0 Å². The maximum atomic E-state index is 13.4. The zero-order chi connectivity index (χ0) is 26.4. The third-order valence-electron chi connectivity index (χ3n) is 5.54. The summed E-state index contributed by atoms with van der Waals surface area (Å²) in [6.07, 6.45) is 1.36. The van der Waals surface area contributed by atoms with Gasteiger partial charge in [0.05, 0.1) is 17.2 Å². The molecule has 0 aliphatic carbocycles. The standard InChI is InChI=1S/C22H28F3N3O5S3/c23-22(24,25)35(29,30)21-15-19(36(26,31)32)7-8-20(21)27-17(16-34-18-5-2-1-3-6-18)9-11-28-10-4-13-33-14-12-28/h1-3,5-8,15,17,27H,4,9-14,16H2,(H2,26,31,32). The van der Waals surface area contributed by atoms with Gasteiger partial charge in [-0.3, -0.25) is 0 Å². The maximum absolute atomic E-state index is 13.4. The molecule has 1 fully saturated rings. The number of thioether (sulfide) groups is 1. The fourth-order valence-electron chi connectivity index (χ4n) is 3.64. The van der Waals surface area contributed by atoms with Gasteiger partial charge in [-0.15, -0.1) is 11.8 Å². The van der Waals surface area contributed by atoms with Gasteiger partial charge in [0.2, 0.25) is 10.0 Å². The molecule has 2 aromatic rings. The molecule has 200 valence electrons. The molecule has 1 unspecified atom stereocenters. The number of sulfonamides is 1. The lowest BCUT2D eigenvalue weighted by Gasteiger charge is -2.26. The van der Waals surface area contributed by atoms with Crippen molar-refractivity contribution in [2.24, 2.45) is 5.14 Å². The Hall–Kier alpha value is -1.84. The lowest BCUT2D eigenvalue weighted by atomic mass is 10.2. The van der Waals surface area contributed by atoms with Crippen molar-refractivity contribution in [3.05, 3.63) is 48.5 Å². The number of nitrogens with two attached hydrogens (primary N) is 1. The summed E-state index contributed by atoms with van der Waals surface area (Å²) in [6, 6.07) is 11.4. The van der Waals surface area contributed by atoms with E-state index < -0.39 is 41.2 Å². The van der Waals surface area contributed by atoms with E-state index in [1.54, 1.807) is 0 Å². The molecule has 3 rings (SSSR count). The van der Waals surface area contributed by atoms with Gasteiger partial charge in [0.25, 0.3) is 9.84 Å². The highest BCUT2D eigenvalue weighted by Crippen LogP contribution is 2.36. The first-order valence-corrected chi connectivity index (χ1v) is 15.1. The third-order valence-corrected chi connectivity index (χ3v) is 9.15. The van der Waals surface area contributed by atoms with Crippen LogP contribution in [0.25, 0.3) is 0 Å². The quantitative estimate of drug-likeness (QED) is 0.420. The second-order valence-corrected chi connectivity index (χ2v) is 12.8. The average Bonchev–Trinajstić information content (AvgIpc) is 3.09. The number of nitrogens with one attached hydrogen (secondary N) is 1. The van der Waals surface area contributed by atoms with E-state index in [0.29, 0.717) is 38.0 Å². The first-order valence-electron chi connectivity index (χ1n) is 11.1. The molecular weight excluding hydrogens is 539 g/mol. The topological polar surface area (TPSA) is 119 Å². The summed E-state index contributed by atoms with van der Waals surface area (Å²) in [5.41, 5.74) is -5.96. The molecule has 14 heteroatoms. The van der Waals surface area contributed by atoms with E-state index in [1.807, 2.05) is 30.3 Å². The van der Waals surface area contributed by atoms with Gasteiger partial charge in [0, 0.05) is 42.9 Å². The molecule has 1 saturated heterocycles. The number of nitrogens with zero attached hydrogens (tertiary/aromatic N) is 1. The average molecular weight is 568 g/mol. The highest BCUT2D eigenvalue weighted by atomic mass is 32.2. The number of sulfone groups is 1. The van der Waals surface area contributed by atoms with E-state index in [1.165, 1.54) is 11.8 Å². The van der Waals surface area contributed by atoms with Crippen LogP contribution in [-0.4, -0.2) is 71.9 Å². The molecule has 1 atom stereocenters. The van der Waals surface area contributed by atoms with Crippen LogP contribution >= 0.6 is 11.8 Å². The van der Waals surface area contributed by atoms with Crippen molar-refractivity contribution in [1.29, 1.82) is 0 Å². The Kier molecular flexibility index (Phi) is 9.68. The van der Waals surface area contributed by atoms with Crippen LogP contribution in [-0.2, 0) is 24.6 Å². The van der Waals surface area contributed by atoms with Crippen molar-refractivity contribution in [3.8, 4) is 0 Å². The Bertz CT molecular complexity index is 1220. The van der Waals surface area contributed by atoms with Crippen molar-refractivity contribution in [1.82, 2.24) is 4.90 Å². The fraction of sp³-hybridized carbons (Fsp3) is 0.455. The zero-order valence-corrected chi connectivity index (χ0v) is 21.7. The summed E-state index contributed by atoms with van der Waals surface area (Å²) >= 11 is 1.47. The molecule has 0 bridgehead atoms. The minimum Gasteiger partial charge on any atom is -0.380 e. The van der Waals surface area contributed by atoms with Crippen molar-refractivity contribution >= 4 is 37.3 Å². The summed E-state index contributed by atoms with van der Waals surface area (Å²) in [6.45, 7) is 3.40. The molecular formula is C22H28F3N3O5S3. The van der Waals surface area contributed by atoms with E-state index >= 15 is 0 Å². The lowest BCUT2D eigenvalue weighted by Crippen LogP contribution is -2.33. The van der Waals surface area contributed by atoms with Gasteiger partial charge in [0.1, 0.15) is 4.90 Å². The minimum atomic E-state index is -5.86. The number of hydrogen-bond donors (Lipinski definition) is 2. The zero-order valence-electron chi connectivity index (χ0n) is 19.3. The van der Waals surface area contributed by atoms with E-state index in [0.717, 1.165) is 36.5 Å². The summed E-state index contributed by atoms with van der Waals surface area (Å²) in [5, 5.41) is 7.98. The highest BCUT2D eigenvalue weighted by Gasteiger charge is 2.48. The van der Waals surface area contributed by atoms with Crippen LogP contribution in [0.4, 0.5) is 18.9 Å². The number of halogens is 3. The van der Waals surface area contributed by atoms with E-state index in [4.69, 9.17) is 9.88 Å². The number of hydrogen-bond acceptors (Lipinski definition) is 8. The van der Waals surface area contributed by atoms with Gasteiger partial charge in [-0.05, 0) is 43.2 Å². The highest BCUT2D eigenvalue weighted by molar-refractivity contribution is 7.99. The Labute approximate surface area is 213 Å². The van der Waals surface area contributed by atoms with Gasteiger partial charge < -0.3 is 15.0 Å². The van der Waals surface area contributed by atoms with Gasteiger partial charge in [-0.25, -0.2) is 22.0 Å². The molecule has 0 aromatic heterocycles. The molecule has 1 aliphatic rings. The molecule has 1 heterocycles. The van der Waals surface area contributed by atoms with Crippen molar-refractivity contribution < 1.29 is 34.7 Å². The van der Waals surface area contributed by atoms with Crippen LogP contribution in [0.5, 0.6) is 0 Å². The molecule has 3 N–H and O–H groups in total. The van der Waals surface area contributed by atoms with Gasteiger partial charge >= 0.3 is 5.51 Å². The Balaban J connectivity index is 1.91. The number of primary sulfonamides is 1. The molecule has 0 saturated carbocycles. The molecule has 8 nitrogen and oxygen atoms in total. The maximum Gasteiger partial charge on any atom is 0.501 e. The Morgan fingerprint density at radius 1 is 1.06 bits per heavy atom. The molecule has 0 radical (unpaired) electrons. The van der Waals surface area contributed by atoms with E-state index in [-0.39, 0.29) is 5.69 Å². The van der Waals surface area contributed by atoms with Crippen LogP contribution < -0.4 is 10.5 Å². The van der Waals surface area contributed by atoms with Crippen LogP contribution in [0.1, 0.15) is 12.8 Å². The summed E-state index contributed by atoms with van der Waals surface area (Å²) < 4.78 is 93.9. The van der Waals surface area contributed by atoms with Crippen LogP contribution in [0, 0.1) is 0 Å². The van der Waals surface area contributed by atoms with E-state index in [2.05, 4.69) is 10.2 Å². The summed E-state index contributed by atoms with van der Waals surface area (Å²) in [5.74, 6) is 0.427.